The standard InChI is InChI=1S/C24H24FN3O3/c1-24-22-18(19-13-17(31-2)7-8-20(19)26-22)10-12-28(24)21(29)14-27(23(24)30)11-9-15-3-5-16(25)6-4-15/h3-8,13,26H,9-12,14H2,1-2H3/t24-/m0/s1. The smallest absolute Gasteiger partial charge is 0.254 e. The minimum atomic E-state index is -1.07. The van der Waals surface area contributed by atoms with Crippen LogP contribution in [0.15, 0.2) is 42.5 Å². The van der Waals surface area contributed by atoms with E-state index in [0.717, 1.165) is 33.5 Å². The molecule has 0 spiro atoms. The molecular weight excluding hydrogens is 397 g/mol. The van der Waals surface area contributed by atoms with E-state index in [2.05, 4.69) is 4.98 Å². The first-order valence-corrected chi connectivity index (χ1v) is 10.4. The lowest BCUT2D eigenvalue weighted by Crippen LogP contribution is -2.67. The van der Waals surface area contributed by atoms with Crippen LogP contribution in [-0.4, -0.2) is 53.3 Å². The highest BCUT2D eigenvalue weighted by atomic mass is 19.1. The van der Waals surface area contributed by atoms with E-state index in [-0.39, 0.29) is 24.2 Å². The van der Waals surface area contributed by atoms with Crippen molar-refractivity contribution in [3.63, 3.8) is 0 Å². The van der Waals surface area contributed by atoms with Crippen LogP contribution in [0.2, 0.25) is 0 Å². The molecule has 2 aliphatic heterocycles. The van der Waals surface area contributed by atoms with Gasteiger partial charge in [0.2, 0.25) is 5.91 Å². The highest BCUT2D eigenvalue weighted by Gasteiger charge is 2.53. The molecule has 7 heteroatoms. The molecular formula is C24H24FN3O3. The van der Waals surface area contributed by atoms with Crippen LogP contribution in [0.25, 0.3) is 10.9 Å². The lowest BCUT2D eigenvalue weighted by molar-refractivity contribution is -0.165. The summed E-state index contributed by atoms with van der Waals surface area (Å²) in [4.78, 5) is 33.5. The Kier molecular flexibility index (Phi) is 4.50. The Morgan fingerprint density at radius 1 is 1.16 bits per heavy atom. The summed E-state index contributed by atoms with van der Waals surface area (Å²) >= 11 is 0. The zero-order valence-corrected chi connectivity index (χ0v) is 17.6. The van der Waals surface area contributed by atoms with Gasteiger partial charge in [0.05, 0.1) is 19.3 Å². The van der Waals surface area contributed by atoms with Gasteiger partial charge in [-0.2, -0.15) is 0 Å². The van der Waals surface area contributed by atoms with Crippen LogP contribution in [0, 0.1) is 5.82 Å². The number of hydrogen-bond acceptors (Lipinski definition) is 3. The molecule has 5 rings (SSSR count). The van der Waals surface area contributed by atoms with Crippen molar-refractivity contribution in [2.45, 2.75) is 25.3 Å². The third-order valence-corrected chi connectivity index (χ3v) is 6.64. The van der Waals surface area contributed by atoms with Gasteiger partial charge in [-0.1, -0.05) is 12.1 Å². The summed E-state index contributed by atoms with van der Waals surface area (Å²) in [7, 11) is 1.63. The van der Waals surface area contributed by atoms with Gasteiger partial charge in [0, 0.05) is 24.0 Å². The van der Waals surface area contributed by atoms with Crippen molar-refractivity contribution < 1.29 is 18.7 Å². The van der Waals surface area contributed by atoms with Gasteiger partial charge >= 0.3 is 0 Å². The van der Waals surface area contributed by atoms with E-state index >= 15 is 0 Å². The van der Waals surface area contributed by atoms with E-state index in [9.17, 15) is 14.0 Å². The number of nitrogens with one attached hydrogen (secondary N) is 1. The highest BCUT2D eigenvalue weighted by molar-refractivity contribution is 6.00. The van der Waals surface area contributed by atoms with E-state index in [1.165, 1.54) is 12.1 Å². The van der Waals surface area contributed by atoms with E-state index in [1.807, 2.05) is 25.1 Å². The maximum Gasteiger partial charge on any atom is 0.254 e. The Balaban J connectivity index is 1.50. The van der Waals surface area contributed by atoms with Gasteiger partial charge in [-0.15, -0.1) is 0 Å². The Labute approximate surface area is 179 Å². The highest BCUT2D eigenvalue weighted by Crippen LogP contribution is 2.42. The molecule has 1 aromatic heterocycles. The lowest BCUT2D eigenvalue weighted by atomic mass is 9.83. The molecule has 1 fully saturated rings. The van der Waals surface area contributed by atoms with Gasteiger partial charge in [-0.05, 0) is 61.2 Å². The summed E-state index contributed by atoms with van der Waals surface area (Å²) in [5.41, 5.74) is 2.63. The summed E-state index contributed by atoms with van der Waals surface area (Å²) in [6.07, 6.45) is 1.25. The Hall–Kier alpha value is -3.35. The number of carbonyl (C=O) groups is 2. The molecule has 0 saturated carbocycles. The fraction of sp³-hybridized carbons (Fsp3) is 0.333. The van der Waals surface area contributed by atoms with Crippen LogP contribution < -0.4 is 4.74 Å². The van der Waals surface area contributed by atoms with Crippen molar-refractivity contribution in [2.75, 3.05) is 26.7 Å². The van der Waals surface area contributed by atoms with Crippen molar-refractivity contribution in [1.29, 1.82) is 0 Å². The molecule has 0 unspecified atom stereocenters. The summed E-state index contributed by atoms with van der Waals surface area (Å²) in [5.74, 6) is 0.326. The number of carbonyl (C=O) groups excluding carboxylic acids is 2. The van der Waals surface area contributed by atoms with Gasteiger partial charge in [0.1, 0.15) is 11.6 Å². The van der Waals surface area contributed by atoms with Gasteiger partial charge < -0.3 is 19.5 Å². The number of amides is 2. The van der Waals surface area contributed by atoms with Crippen LogP contribution in [0.3, 0.4) is 0 Å². The number of fused-ring (bicyclic) bond motifs is 5. The van der Waals surface area contributed by atoms with Crippen LogP contribution >= 0.6 is 0 Å². The first-order chi connectivity index (χ1) is 14.9. The monoisotopic (exact) mass is 421 g/mol. The average molecular weight is 421 g/mol. The number of methoxy groups -OCH3 is 1. The van der Waals surface area contributed by atoms with Crippen LogP contribution in [-0.2, 0) is 28.0 Å². The summed E-state index contributed by atoms with van der Waals surface area (Å²) in [6.45, 7) is 2.81. The van der Waals surface area contributed by atoms with Gasteiger partial charge in [-0.3, -0.25) is 9.59 Å². The van der Waals surface area contributed by atoms with E-state index in [0.29, 0.717) is 25.9 Å². The van der Waals surface area contributed by atoms with Crippen molar-refractivity contribution >= 4 is 22.7 Å². The molecule has 31 heavy (non-hydrogen) atoms. The minimum absolute atomic E-state index is 0.0527. The number of rotatable bonds is 4. The normalized spacial score (nSPS) is 20.7. The second-order valence-corrected chi connectivity index (χ2v) is 8.36. The Morgan fingerprint density at radius 2 is 1.94 bits per heavy atom. The lowest BCUT2D eigenvalue weighted by Gasteiger charge is -2.49. The molecule has 0 aliphatic carbocycles. The van der Waals surface area contributed by atoms with Crippen LogP contribution in [0.4, 0.5) is 4.39 Å². The fourth-order valence-electron chi connectivity index (χ4n) is 4.93. The zero-order valence-electron chi connectivity index (χ0n) is 17.6. The van der Waals surface area contributed by atoms with Crippen molar-refractivity contribution in [3.05, 3.63) is 65.1 Å². The number of H-pyrrole nitrogens is 1. The van der Waals surface area contributed by atoms with Crippen molar-refractivity contribution in [3.8, 4) is 5.75 Å². The Bertz CT molecular complexity index is 1190. The third kappa shape index (κ3) is 2.99. The van der Waals surface area contributed by atoms with Crippen LogP contribution in [0.1, 0.15) is 23.7 Å². The molecule has 2 amide bonds. The number of aromatic amines is 1. The molecule has 3 heterocycles. The van der Waals surface area contributed by atoms with Gasteiger partial charge in [0.15, 0.2) is 5.54 Å². The number of aromatic nitrogens is 1. The average Bonchev–Trinajstić information content (AvgIpc) is 3.15. The van der Waals surface area contributed by atoms with Gasteiger partial charge in [-0.25, -0.2) is 4.39 Å². The quantitative estimate of drug-likeness (QED) is 0.704. The third-order valence-electron chi connectivity index (χ3n) is 6.64. The number of halogens is 1. The van der Waals surface area contributed by atoms with Crippen molar-refractivity contribution in [1.82, 2.24) is 14.8 Å². The largest absolute Gasteiger partial charge is 0.497 e. The second-order valence-electron chi connectivity index (χ2n) is 8.36. The van der Waals surface area contributed by atoms with E-state index in [1.54, 1.807) is 29.0 Å². The van der Waals surface area contributed by atoms with Gasteiger partial charge in [0.25, 0.3) is 5.91 Å². The zero-order chi connectivity index (χ0) is 21.8. The van der Waals surface area contributed by atoms with Crippen LogP contribution in [0.5, 0.6) is 5.75 Å². The first-order valence-electron chi connectivity index (χ1n) is 10.4. The SMILES string of the molecule is COc1ccc2[nH]c3c(c2c1)CCN1C(=O)CN(CCc2ccc(F)cc2)C(=O)[C@]31C. The molecule has 160 valence electrons. The molecule has 2 aliphatic rings. The molecule has 6 nitrogen and oxygen atoms in total. The predicted molar refractivity (Wildman–Crippen MR) is 114 cm³/mol. The number of benzene rings is 2. The Morgan fingerprint density at radius 3 is 2.68 bits per heavy atom. The second kappa shape index (κ2) is 7.11. The number of piperazine rings is 1. The molecule has 0 radical (unpaired) electrons. The molecule has 1 N–H and O–H groups in total. The predicted octanol–water partition coefficient (Wildman–Crippen LogP) is 3.00. The molecule has 1 atom stereocenters. The van der Waals surface area contributed by atoms with E-state index in [4.69, 9.17) is 4.74 Å². The summed E-state index contributed by atoms with van der Waals surface area (Å²) < 4.78 is 18.6. The summed E-state index contributed by atoms with van der Waals surface area (Å²) in [6, 6.07) is 12.0. The number of hydrogen-bond donors (Lipinski definition) is 1. The molecule has 0 bridgehead atoms. The molecule has 3 aromatic rings. The summed E-state index contributed by atoms with van der Waals surface area (Å²) in [5, 5.41) is 1.03. The number of ether oxygens (including phenoxy) is 1. The topological polar surface area (TPSA) is 65.6 Å². The minimum Gasteiger partial charge on any atom is -0.497 e. The maximum atomic E-state index is 13.7. The molecule has 2 aromatic carbocycles. The first kappa shape index (κ1) is 19.6. The number of nitrogens with zero attached hydrogens (tertiary/aromatic N) is 2. The fourth-order valence-corrected chi connectivity index (χ4v) is 4.93. The van der Waals surface area contributed by atoms with E-state index < -0.39 is 5.54 Å². The maximum absolute atomic E-state index is 13.7. The van der Waals surface area contributed by atoms with Crippen molar-refractivity contribution in [2.24, 2.45) is 0 Å². The molecule has 1 saturated heterocycles.